The molecule has 20 heavy (non-hydrogen) atoms. The summed E-state index contributed by atoms with van der Waals surface area (Å²) in [7, 11) is -3.35. The minimum Gasteiger partial charge on any atom is -0.207 e. The van der Waals surface area contributed by atoms with Crippen molar-refractivity contribution < 1.29 is 8.42 Å². The molecule has 2 atom stereocenters. The molecule has 2 aliphatic rings. The van der Waals surface area contributed by atoms with Crippen LogP contribution in [0.2, 0.25) is 0 Å². The minimum atomic E-state index is -3.35. The molecule has 0 aromatic carbocycles. The summed E-state index contributed by atoms with van der Waals surface area (Å²) in [5, 5.41) is 1.82. The number of rotatable bonds is 3. The summed E-state index contributed by atoms with van der Waals surface area (Å²) in [5.41, 5.74) is 0. The van der Waals surface area contributed by atoms with E-state index in [-0.39, 0.29) is 5.88 Å². The molecule has 3 nitrogen and oxygen atoms in total. The van der Waals surface area contributed by atoms with Gasteiger partial charge in [-0.15, -0.1) is 22.9 Å². The van der Waals surface area contributed by atoms with Gasteiger partial charge in [0.1, 0.15) is 0 Å². The average molecular weight is 334 g/mol. The highest BCUT2D eigenvalue weighted by atomic mass is 35.5. The molecule has 6 heteroatoms. The number of sulfonamides is 1. The Balaban J connectivity index is 1.82. The molecule has 1 aromatic rings. The van der Waals surface area contributed by atoms with Gasteiger partial charge in [0, 0.05) is 18.0 Å². The van der Waals surface area contributed by atoms with Gasteiger partial charge in [-0.2, -0.15) is 4.31 Å². The van der Waals surface area contributed by atoms with Gasteiger partial charge in [-0.3, -0.25) is 0 Å². The maximum absolute atomic E-state index is 12.8. The fourth-order valence-corrected chi connectivity index (χ4v) is 6.77. The maximum Gasteiger partial charge on any atom is 0.244 e. The summed E-state index contributed by atoms with van der Waals surface area (Å²) in [6.07, 6.45) is 6.05. The van der Waals surface area contributed by atoms with Crippen molar-refractivity contribution in [2.45, 2.75) is 42.9 Å². The molecular formula is C14H20ClNO2S2. The molecule has 2 fully saturated rings. The van der Waals surface area contributed by atoms with Gasteiger partial charge in [-0.05, 0) is 36.1 Å². The third-order valence-electron chi connectivity index (χ3n) is 4.70. The number of alkyl halides is 1. The average Bonchev–Trinajstić information content (AvgIpc) is 2.96. The first-order valence-electron chi connectivity index (χ1n) is 7.25. The van der Waals surface area contributed by atoms with Gasteiger partial charge in [0.15, 0.2) is 0 Å². The highest BCUT2D eigenvalue weighted by Gasteiger charge is 2.37. The molecule has 3 rings (SSSR count). The van der Waals surface area contributed by atoms with Crippen molar-refractivity contribution in [2.24, 2.45) is 11.8 Å². The zero-order chi connectivity index (χ0) is 14.2. The van der Waals surface area contributed by atoms with Crippen molar-refractivity contribution >= 4 is 33.0 Å². The number of halogens is 1. The highest BCUT2D eigenvalue weighted by molar-refractivity contribution is 7.89. The lowest BCUT2D eigenvalue weighted by atomic mass is 9.76. The fourth-order valence-electron chi connectivity index (χ4n) is 3.58. The molecule has 1 saturated heterocycles. The molecule has 1 aliphatic heterocycles. The van der Waals surface area contributed by atoms with Crippen molar-refractivity contribution in [1.29, 1.82) is 0 Å². The van der Waals surface area contributed by atoms with E-state index in [0.717, 1.165) is 17.2 Å². The zero-order valence-corrected chi connectivity index (χ0v) is 13.8. The summed E-state index contributed by atoms with van der Waals surface area (Å²) in [6.45, 7) is 1.37. The molecule has 0 spiro atoms. The Hall–Kier alpha value is -0.100. The molecule has 1 saturated carbocycles. The van der Waals surface area contributed by atoms with E-state index in [1.165, 1.54) is 37.0 Å². The molecule has 0 bridgehead atoms. The van der Waals surface area contributed by atoms with Gasteiger partial charge in [0.2, 0.25) is 10.0 Å². The smallest absolute Gasteiger partial charge is 0.207 e. The largest absolute Gasteiger partial charge is 0.244 e. The Bertz CT molecular complexity index is 569. The van der Waals surface area contributed by atoms with Crippen molar-refractivity contribution in [2.75, 3.05) is 13.1 Å². The van der Waals surface area contributed by atoms with Crippen LogP contribution in [0.4, 0.5) is 0 Å². The zero-order valence-electron chi connectivity index (χ0n) is 11.4. The number of piperidine rings is 1. The lowest BCUT2D eigenvalue weighted by molar-refractivity contribution is 0.136. The van der Waals surface area contributed by atoms with Gasteiger partial charge in [-0.25, -0.2) is 8.42 Å². The first-order chi connectivity index (χ1) is 9.63. The van der Waals surface area contributed by atoms with Gasteiger partial charge in [-0.1, -0.05) is 19.3 Å². The third kappa shape index (κ3) is 2.65. The summed E-state index contributed by atoms with van der Waals surface area (Å²) >= 11 is 7.28. The molecule has 112 valence electrons. The molecule has 1 aromatic heterocycles. The van der Waals surface area contributed by atoms with Crippen LogP contribution in [0.5, 0.6) is 0 Å². The Labute approximate surface area is 130 Å². The second kappa shape index (κ2) is 5.95. The Morgan fingerprint density at radius 2 is 2.00 bits per heavy atom. The van der Waals surface area contributed by atoms with E-state index < -0.39 is 10.0 Å². The van der Waals surface area contributed by atoms with Crippen molar-refractivity contribution in [1.82, 2.24) is 4.31 Å². The Morgan fingerprint density at radius 3 is 2.75 bits per heavy atom. The maximum atomic E-state index is 12.8. The second-order valence-electron chi connectivity index (χ2n) is 5.80. The van der Waals surface area contributed by atoms with Gasteiger partial charge < -0.3 is 0 Å². The van der Waals surface area contributed by atoms with E-state index in [2.05, 4.69) is 0 Å². The quantitative estimate of drug-likeness (QED) is 0.791. The van der Waals surface area contributed by atoms with E-state index in [4.69, 9.17) is 11.6 Å². The molecular weight excluding hydrogens is 314 g/mol. The van der Waals surface area contributed by atoms with Gasteiger partial charge in [0.05, 0.1) is 10.8 Å². The number of fused-ring (bicyclic) bond motifs is 1. The SMILES string of the molecule is O=S(=O)(c1ccsc1CCl)N1CCC2CCCCC2C1. The normalized spacial score (nSPS) is 28.2. The van der Waals surface area contributed by atoms with Crippen molar-refractivity contribution in [3.8, 4) is 0 Å². The monoisotopic (exact) mass is 333 g/mol. The molecule has 1 aliphatic carbocycles. The van der Waals surface area contributed by atoms with Crippen LogP contribution in [0.3, 0.4) is 0 Å². The van der Waals surface area contributed by atoms with Gasteiger partial charge in [0.25, 0.3) is 0 Å². The van der Waals surface area contributed by atoms with E-state index in [1.54, 1.807) is 10.4 Å². The Kier molecular flexibility index (Phi) is 4.41. The Morgan fingerprint density at radius 1 is 1.25 bits per heavy atom. The van der Waals surface area contributed by atoms with Gasteiger partial charge >= 0.3 is 0 Å². The topological polar surface area (TPSA) is 37.4 Å². The molecule has 0 radical (unpaired) electrons. The highest BCUT2D eigenvalue weighted by Crippen LogP contribution is 2.38. The van der Waals surface area contributed by atoms with Crippen LogP contribution >= 0.6 is 22.9 Å². The standard InChI is InChI=1S/C14H20ClNO2S2/c15-9-13-14(6-8-19-13)20(17,18)16-7-5-11-3-1-2-4-12(11)10-16/h6,8,11-12H,1-5,7,9-10H2. The van der Waals surface area contributed by atoms with Crippen molar-refractivity contribution in [3.05, 3.63) is 16.3 Å². The lowest BCUT2D eigenvalue weighted by Crippen LogP contribution is -2.44. The molecule has 2 unspecified atom stereocenters. The van der Waals surface area contributed by atoms with Crippen LogP contribution in [-0.4, -0.2) is 25.8 Å². The summed E-state index contributed by atoms with van der Waals surface area (Å²) in [5.74, 6) is 1.57. The molecule has 0 N–H and O–H groups in total. The minimum absolute atomic E-state index is 0.270. The number of hydrogen-bond donors (Lipinski definition) is 0. The third-order valence-corrected chi connectivity index (χ3v) is 8.12. The summed E-state index contributed by atoms with van der Waals surface area (Å²) < 4.78 is 27.2. The number of hydrogen-bond acceptors (Lipinski definition) is 3. The van der Waals surface area contributed by atoms with Crippen molar-refractivity contribution in [3.63, 3.8) is 0 Å². The molecule has 0 amide bonds. The van der Waals surface area contributed by atoms with Crippen LogP contribution in [-0.2, 0) is 15.9 Å². The van der Waals surface area contributed by atoms with E-state index in [9.17, 15) is 8.42 Å². The first kappa shape index (κ1) is 14.8. The van der Waals surface area contributed by atoms with Crippen LogP contribution in [0.25, 0.3) is 0 Å². The van der Waals surface area contributed by atoms with Crippen LogP contribution < -0.4 is 0 Å². The first-order valence-corrected chi connectivity index (χ1v) is 10.1. The number of thiophene rings is 1. The number of nitrogens with zero attached hydrogens (tertiary/aromatic N) is 1. The van der Waals surface area contributed by atoms with Crippen LogP contribution in [0.15, 0.2) is 16.3 Å². The van der Waals surface area contributed by atoms with Crippen LogP contribution in [0.1, 0.15) is 37.0 Å². The second-order valence-corrected chi connectivity index (χ2v) is 8.97. The fraction of sp³-hybridized carbons (Fsp3) is 0.714. The molecule has 2 heterocycles. The van der Waals surface area contributed by atoms with Crippen LogP contribution in [0, 0.1) is 11.8 Å². The van der Waals surface area contributed by atoms with E-state index in [1.807, 2.05) is 5.38 Å². The lowest BCUT2D eigenvalue weighted by Gasteiger charge is -2.40. The van der Waals surface area contributed by atoms with E-state index in [0.29, 0.717) is 23.9 Å². The summed E-state index contributed by atoms with van der Waals surface area (Å²) in [4.78, 5) is 1.18. The van der Waals surface area contributed by atoms with E-state index >= 15 is 0 Å². The predicted octanol–water partition coefficient (Wildman–Crippen LogP) is 3.69. The predicted molar refractivity (Wildman–Crippen MR) is 82.7 cm³/mol. The summed E-state index contributed by atoms with van der Waals surface area (Å²) in [6, 6.07) is 1.70.